The largest absolute Gasteiger partial charge is 0.381 e. The molecule has 1 saturated heterocycles. The van der Waals surface area contributed by atoms with Gasteiger partial charge in [0.1, 0.15) is 0 Å². The maximum atomic E-state index is 5.59. The summed E-state index contributed by atoms with van der Waals surface area (Å²) in [5.41, 5.74) is 1.73. The van der Waals surface area contributed by atoms with Crippen molar-refractivity contribution in [2.75, 3.05) is 20.3 Å². The molecular formula is C16H25NO. The molecule has 0 radical (unpaired) electrons. The summed E-state index contributed by atoms with van der Waals surface area (Å²) in [7, 11) is 2.10. The lowest BCUT2D eigenvalue weighted by Gasteiger charge is -2.44. The highest BCUT2D eigenvalue weighted by Gasteiger charge is 2.40. The molecule has 1 N–H and O–H groups in total. The number of hydrogen-bond acceptors (Lipinski definition) is 2. The zero-order valence-corrected chi connectivity index (χ0v) is 11.6. The minimum absolute atomic E-state index is 0.254. The lowest BCUT2D eigenvalue weighted by Crippen LogP contribution is -2.50. The second-order valence-electron chi connectivity index (χ2n) is 5.26. The van der Waals surface area contributed by atoms with Crippen LogP contribution in [0.4, 0.5) is 0 Å². The van der Waals surface area contributed by atoms with Gasteiger partial charge in [-0.2, -0.15) is 0 Å². The summed E-state index contributed by atoms with van der Waals surface area (Å²) in [5, 5.41) is 3.56. The highest BCUT2D eigenvalue weighted by molar-refractivity contribution is 5.28. The van der Waals surface area contributed by atoms with Crippen molar-refractivity contribution < 1.29 is 4.74 Å². The Bertz CT molecular complexity index is 343. The van der Waals surface area contributed by atoms with E-state index in [4.69, 9.17) is 4.74 Å². The van der Waals surface area contributed by atoms with E-state index in [0.717, 1.165) is 26.1 Å². The van der Waals surface area contributed by atoms with Crippen molar-refractivity contribution in [3.63, 3.8) is 0 Å². The van der Waals surface area contributed by atoms with Gasteiger partial charge in [-0.15, -0.1) is 0 Å². The zero-order valence-electron chi connectivity index (χ0n) is 11.6. The number of rotatable bonds is 5. The van der Waals surface area contributed by atoms with E-state index in [1.165, 1.54) is 18.4 Å². The molecule has 1 unspecified atom stereocenters. The van der Waals surface area contributed by atoms with Gasteiger partial charge in [-0.1, -0.05) is 43.7 Å². The molecular weight excluding hydrogens is 222 g/mol. The Morgan fingerprint density at radius 2 is 1.89 bits per heavy atom. The first-order valence-corrected chi connectivity index (χ1v) is 7.14. The molecule has 0 spiro atoms. The predicted octanol–water partition coefficient (Wildman–Crippen LogP) is 3.12. The Labute approximate surface area is 111 Å². The minimum Gasteiger partial charge on any atom is -0.381 e. The molecule has 2 rings (SSSR count). The van der Waals surface area contributed by atoms with Gasteiger partial charge in [-0.05, 0) is 31.9 Å². The molecule has 0 aromatic heterocycles. The van der Waals surface area contributed by atoms with Crippen LogP contribution in [0.15, 0.2) is 30.3 Å². The van der Waals surface area contributed by atoms with E-state index in [2.05, 4.69) is 49.6 Å². The molecule has 2 heteroatoms. The Kier molecular flexibility index (Phi) is 4.79. The summed E-state index contributed by atoms with van der Waals surface area (Å²) in [6.45, 7) is 4.04. The Hall–Kier alpha value is -0.860. The van der Waals surface area contributed by atoms with Crippen molar-refractivity contribution in [2.24, 2.45) is 0 Å². The van der Waals surface area contributed by atoms with Crippen LogP contribution in [-0.4, -0.2) is 26.3 Å². The van der Waals surface area contributed by atoms with Crippen LogP contribution in [0.3, 0.4) is 0 Å². The summed E-state index contributed by atoms with van der Waals surface area (Å²) < 4.78 is 5.59. The molecule has 0 amide bonds. The molecule has 0 saturated carbocycles. The molecule has 2 nitrogen and oxygen atoms in total. The summed E-state index contributed by atoms with van der Waals surface area (Å²) in [6, 6.07) is 11.5. The summed E-state index contributed by atoms with van der Waals surface area (Å²) >= 11 is 0. The number of nitrogens with one attached hydrogen (secondary N) is 1. The Balaban J connectivity index is 2.33. The van der Waals surface area contributed by atoms with Crippen molar-refractivity contribution in [1.29, 1.82) is 0 Å². The predicted molar refractivity (Wildman–Crippen MR) is 75.9 cm³/mol. The summed E-state index contributed by atoms with van der Waals surface area (Å²) in [4.78, 5) is 0. The third-order valence-corrected chi connectivity index (χ3v) is 4.33. The summed E-state index contributed by atoms with van der Waals surface area (Å²) in [5.74, 6) is 0. The van der Waals surface area contributed by atoms with Gasteiger partial charge in [0.25, 0.3) is 0 Å². The van der Waals surface area contributed by atoms with E-state index in [0.29, 0.717) is 6.04 Å². The average molecular weight is 247 g/mol. The smallest absolute Gasteiger partial charge is 0.0475 e. The molecule has 1 aliphatic rings. The van der Waals surface area contributed by atoms with Crippen molar-refractivity contribution in [3.8, 4) is 0 Å². The van der Waals surface area contributed by atoms with Crippen molar-refractivity contribution in [3.05, 3.63) is 35.9 Å². The van der Waals surface area contributed by atoms with Gasteiger partial charge in [-0.3, -0.25) is 0 Å². The van der Waals surface area contributed by atoms with Gasteiger partial charge in [0.15, 0.2) is 0 Å². The van der Waals surface area contributed by atoms with Crippen LogP contribution in [0.2, 0.25) is 0 Å². The van der Waals surface area contributed by atoms with E-state index in [-0.39, 0.29) is 5.41 Å². The van der Waals surface area contributed by atoms with Gasteiger partial charge in [-0.25, -0.2) is 0 Å². The van der Waals surface area contributed by atoms with Crippen LogP contribution in [0.25, 0.3) is 0 Å². The number of likely N-dealkylation sites (N-methyl/N-ethyl adjacent to an activating group) is 1. The van der Waals surface area contributed by atoms with Crippen LogP contribution in [-0.2, 0) is 10.2 Å². The first kappa shape index (κ1) is 13.6. The third-order valence-electron chi connectivity index (χ3n) is 4.33. The average Bonchev–Trinajstić information content (AvgIpc) is 2.46. The van der Waals surface area contributed by atoms with E-state index >= 15 is 0 Å². The number of ether oxygens (including phenoxy) is 1. The molecule has 1 heterocycles. The maximum absolute atomic E-state index is 5.59. The lowest BCUT2D eigenvalue weighted by molar-refractivity contribution is 0.0340. The quantitative estimate of drug-likeness (QED) is 0.863. The van der Waals surface area contributed by atoms with E-state index in [9.17, 15) is 0 Å². The summed E-state index contributed by atoms with van der Waals surface area (Å²) in [6.07, 6.45) is 4.71. The van der Waals surface area contributed by atoms with Gasteiger partial charge in [0.05, 0.1) is 0 Å². The standard InChI is InChI=1S/C16H25NO/c1-3-7-15(17-2)16(10-12-18-13-11-16)14-8-5-4-6-9-14/h4-6,8-9,15,17H,3,7,10-13H2,1-2H3. The van der Waals surface area contributed by atoms with Crippen molar-refractivity contribution in [2.45, 2.75) is 44.1 Å². The molecule has 1 aliphatic heterocycles. The van der Waals surface area contributed by atoms with Crippen molar-refractivity contribution in [1.82, 2.24) is 5.32 Å². The van der Waals surface area contributed by atoms with Crippen LogP contribution < -0.4 is 5.32 Å². The maximum Gasteiger partial charge on any atom is 0.0475 e. The topological polar surface area (TPSA) is 21.3 Å². The minimum atomic E-state index is 0.254. The molecule has 0 bridgehead atoms. The number of hydrogen-bond donors (Lipinski definition) is 1. The molecule has 0 aliphatic carbocycles. The fourth-order valence-electron chi connectivity index (χ4n) is 3.33. The number of benzene rings is 1. The molecule has 100 valence electrons. The lowest BCUT2D eigenvalue weighted by atomic mass is 9.67. The van der Waals surface area contributed by atoms with Crippen molar-refractivity contribution >= 4 is 0 Å². The highest BCUT2D eigenvalue weighted by Crippen LogP contribution is 2.39. The van der Waals surface area contributed by atoms with Crippen LogP contribution >= 0.6 is 0 Å². The first-order chi connectivity index (χ1) is 8.83. The SMILES string of the molecule is CCCC(NC)C1(c2ccccc2)CCOCC1. The van der Waals surface area contributed by atoms with Gasteiger partial charge in [0.2, 0.25) is 0 Å². The van der Waals surface area contributed by atoms with E-state index in [1.807, 2.05) is 0 Å². The fourth-order valence-corrected chi connectivity index (χ4v) is 3.33. The fraction of sp³-hybridized carbons (Fsp3) is 0.625. The van der Waals surface area contributed by atoms with Gasteiger partial charge in [0, 0.05) is 24.7 Å². The normalized spacial score (nSPS) is 20.6. The van der Waals surface area contributed by atoms with E-state index < -0.39 is 0 Å². The van der Waals surface area contributed by atoms with Crippen LogP contribution in [0.1, 0.15) is 38.2 Å². The van der Waals surface area contributed by atoms with Gasteiger partial charge < -0.3 is 10.1 Å². The zero-order chi connectivity index (χ0) is 12.8. The first-order valence-electron chi connectivity index (χ1n) is 7.14. The highest BCUT2D eigenvalue weighted by atomic mass is 16.5. The Morgan fingerprint density at radius 3 is 2.44 bits per heavy atom. The van der Waals surface area contributed by atoms with Crippen LogP contribution in [0, 0.1) is 0 Å². The second-order valence-corrected chi connectivity index (χ2v) is 5.26. The second kappa shape index (κ2) is 6.35. The third kappa shape index (κ3) is 2.60. The molecule has 1 aromatic carbocycles. The van der Waals surface area contributed by atoms with E-state index in [1.54, 1.807) is 0 Å². The monoisotopic (exact) mass is 247 g/mol. The molecule has 1 atom stereocenters. The molecule has 18 heavy (non-hydrogen) atoms. The van der Waals surface area contributed by atoms with Gasteiger partial charge >= 0.3 is 0 Å². The Morgan fingerprint density at radius 1 is 1.22 bits per heavy atom. The van der Waals surface area contributed by atoms with Crippen LogP contribution in [0.5, 0.6) is 0 Å². The molecule has 1 fully saturated rings. The molecule has 1 aromatic rings.